The van der Waals surface area contributed by atoms with Gasteiger partial charge in [0.15, 0.2) is 5.60 Å². The van der Waals surface area contributed by atoms with Crippen LogP contribution in [0.2, 0.25) is 0 Å². The summed E-state index contributed by atoms with van der Waals surface area (Å²) < 4.78 is 24.2. The van der Waals surface area contributed by atoms with E-state index in [1.807, 2.05) is 20.8 Å². The van der Waals surface area contributed by atoms with Crippen molar-refractivity contribution in [1.29, 1.82) is 0 Å². The molecule has 3 aliphatic carbocycles. The van der Waals surface area contributed by atoms with Crippen LogP contribution in [0.5, 0.6) is 0 Å². The first kappa shape index (κ1) is 29.2. The molecule has 9 heteroatoms. The van der Waals surface area contributed by atoms with Crippen LogP contribution in [0.3, 0.4) is 0 Å². The van der Waals surface area contributed by atoms with Gasteiger partial charge in [-0.2, -0.15) is 0 Å². The lowest BCUT2D eigenvalue weighted by atomic mass is 9.43. The van der Waals surface area contributed by atoms with E-state index in [-0.39, 0.29) is 18.9 Å². The van der Waals surface area contributed by atoms with Gasteiger partial charge in [-0.3, -0.25) is 4.79 Å². The van der Waals surface area contributed by atoms with Crippen molar-refractivity contribution in [2.75, 3.05) is 13.7 Å². The Morgan fingerprint density at radius 1 is 1.10 bits per heavy atom. The van der Waals surface area contributed by atoms with Crippen LogP contribution in [0.1, 0.15) is 64.7 Å². The molecule has 0 spiro atoms. The summed E-state index contributed by atoms with van der Waals surface area (Å²) in [6, 6.07) is 8.50. The number of aliphatic hydroxyl groups is 3. The molecule has 220 valence electrons. The molecule has 9 nitrogen and oxygen atoms in total. The van der Waals surface area contributed by atoms with Gasteiger partial charge in [-0.05, 0) is 42.5 Å². The summed E-state index contributed by atoms with van der Waals surface area (Å²) in [6.45, 7) is 10.5. The average Bonchev–Trinajstić information content (AvgIpc) is 2.90. The highest BCUT2D eigenvalue weighted by Crippen LogP contribution is 2.66. The normalized spacial score (nSPS) is 43.8. The molecule has 5 rings (SSSR count). The summed E-state index contributed by atoms with van der Waals surface area (Å²) in [5.41, 5.74) is -3.93. The number of ether oxygens (including phenoxy) is 4. The Hall–Kier alpha value is -2.30. The molecule has 2 bridgehead atoms. The number of aliphatic hydroxyl groups excluding tert-OH is 2. The van der Waals surface area contributed by atoms with E-state index in [1.54, 1.807) is 44.2 Å². The van der Waals surface area contributed by atoms with Gasteiger partial charge in [0.25, 0.3) is 0 Å². The molecule has 1 aromatic carbocycles. The highest BCUT2D eigenvalue weighted by Gasteiger charge is 2.77. The van der Waals surface area contributed by atoms with Gasteiger partial charge in [-0.15, -0.1) is 0 Å². The Kier molecular flexibility index (Phi) is 7.03. The predicted octanol–water partition coefficient (Wildman–Crippen LogP) is 2.80. The maximum atomic E-state index is 13.8. The third kappa shape index (κ3) is 3.78. The van der Waals surface area contributed by atoms with Crippen LogP contribution >= 0.6 is 0 Å². The van der Waals surface area contributed by atoms with Crippen LogP contribution < -0.4 is 0 Å². The zero-order valence-corrected chi connectivity index (χ0v) is 24.3. The van der Waals surface area contributed by atoms with Crippen molar-refractivity contribution in [2.45, 2.75) is 96.1 Å². The van der Waals surface area contributed by atoms with Gasteiger partial charge in [0.2, 0.25) is 0 Å². The number of hydrogen-bond donors (Lipinski definition) is 3. The van der Waals surface area contributed by atoms with E-state index in [0.717, 1.165) is 5.57 Å². The minimum atomic E-state index is -1.79. The van der Waals surface area contributed by atoms with E-state index in [4.69, 9.17) is 18.9 Å². The molecule has 1 aliphatic heterocycles. The van der Waals surface area contributed by atoms with Crippen molar-refractivity contribution in [3.8, 4) is 0 Å². The van der Waals surface area contributed by atoms with E-state index in [9.17, 15) is 24.9 Å². The summed E-state index contributed by atoms with van der Waals surface area (Å²) in [5.74, 6) is -2.39. The largest absolute Gasteiger partial charge is 0.455 e. The third-order valence-corrected chi connectivity index (χ3v) is 10.9. The molecular formula is C31H42O9. The van der Waals surface area contributed by atoms with E-state index in [2.05, 4.69) is 0 Å². The number of methoxy groups -OCH3 is 1. The summed E-state index contributed by atoms with van der Waals surface area (Å²) in [7, 11) is 1.52. The lowest BCUT2D eigenvalue weighted by Crippen LogP contribution is -2.81. The van der Waals surface area contributed by atoms with Gasteiger partial charge in [-0.1, -0.05) is 45.9 Å². The Morgan fingerprint density at radius 2 is 1.75 bits per heavy atom. The van der Waals surface area contributed by atoms with Gasteiger partial charge in [-0.25, -0.2) is 4.79 Å². The molecule has 3 fully saturated rings. The van der Waals surface area contributed by atoms with Crippen molar-refractivity contribution < 1.29 is 43.9 Å². The van der Waals surface area contributed by atoms with Gasteiger partial charge >= 0.3 is 11.9 Å². The molecule has 3 N–H and O–H groups in total. The molecule has 1 heterocycles. The number of fused-ring (bicyclic) bond motifs is 5. The summed E-state index contributed by atoms with van der Waals surface area (Å²) in [5, 5.41) is 37.0. The molecule has 2 saturated carbocycles. The number of benzene rings is 1. The number of esters is 2. The van der Waals surface area contributed by atoms with Crippen molar-refractivity contribution in [2.24, 2.45) is 22.7 Å². The number of rotatable bonds is 4. The number of hydrogen-bond acceptors (Lipinski definition) is 9. The quantitative estimate of drug-likeness (QED) is 0.377. The van der Waals surface area contributed by atoms with Crippen LogP contribution in [0.4, 0.5) is 0 Å². The second kappa shape index (κ2) is 9.63. The maximum Gasteiger partial charge on any atom is 0.338 e. The fraction of sp³-hybridized carbons (Fsp3) is 0.677. The number of carbonyl (C=O) groups is 2. The van der Waals surface area contributed by atoms with Gasteiger partial charge in [0, 0.05) is 31.3 Å². The molecule has 4 aliphatic rings. The van der Waals surface area contributed by atoms with Crippen LogP contribution in [0.15, 0.2) is 41.5 Å². The lowest BCUT2D eigenvalue weighted by Gasteiger charge is -2.69. The van der Waals surface area contributed by atoms with Gasteiger partial charge in [0.1, 0.15) is 23.9 Å². The molecule has 1 aromatic rings. The van der Waals surface area contributed by atoms with Crippen LogP contribution in [0, 0.1) is 22.7 Å². The first-order chi connectivity index (χ1) is 18.7. The van der Waals surface area contributed by atoms with E-state index in [1.165, 1.54) is 14.0 Å². The maximum absolute atomic E-state index is 13.8. The SMILES string of the molecule is COC1C[C@@]2(O)[C@@H](OC(=O)c3ccccc3)[C@@H]3[C@]4(OC(C)=O)CO[C@@H]4C[C@H](C)[C@@]3(C)[C@@H](O)[C@@H](O)C(=C1C)C2(C)C. The highest BCUT2D eigenvalue weighted by molar-refractivity contribution is 5.89. The Morgan fingerprint density at radius 3 is 2.30 bits per heavy atom. The molecule has 0 amide bonds. The Bertz CT molecular complexity index is 1210. The van der Waals surface area contributed by atoms with Crippen molar-refractivity contribution in [3.05, 3.63) is 47.0 Å². The van der Waals surface area contributed by atoms with E-state index in [0.29, 0.717) is 17.6 Å². The minimum Gasteiger partial charge on any atom is -0.455 e. The van der Waals surface area contributed by atoms with Crippen LogP contribution in [-0.4, -0.2) is 82.7 Å². The van der Waals surface area contributed by atoms with Crippen molar-refractivity contribution in [3.63, 3.8) is 0 Å². The summed E-state index contributed by atoms with van der Waals surface area (Å²) >= 11 is 0. The monoisotopic (exact) mass is 558 g/mol. The van der Waals surface area contributed by atoms with Gasteiger partial charge in [0.05, 0.1) is 30.3 Å². The summed E-state index contributed by atoms with van der Waals surface area (Å²) in [4.78, 5) is 26.3. The number of carbonyl (C=O) groups excluding carboxylic acids is 2. The highest BCUT2D eigenvalue weighted by atomic mass is 16.6. The predicted molar refractivity (Wildman–Crippen MR) is 144 cm³/mol. The minimum absolute atomic E-state index is 0.0123. The second-order valence-electron chi connectivity index (χ2n) is 13.0. The molecule has 1 unspecified atom stereocenters. The average molecular weight is 559 g/mol. The second-order valence-corrected chi connectivity index (χ2v) is 13.0. The van der Waals surface area contributed by atoms with E-state index >= 15 is 0 Å². The molecular weight excluding hydrogens is 516 g/mol. The fourth-order valence-corrected chi connectivity index (χ4v) is 8.44. The summed E-state index contributed by atoms with van der Waals surface area (Å²) in [6.07, 6.45) is -4.60. The third-order valence-electron chi connectivity index (χ3n) is 10.9. The van der Waals surface area contributed by atoms with Gasteiger partial charge < -0.3 is 34.3 Å². The molecule has 1 saturated heterocycles. The zero-order valence-electron chi connectivity index (χ0n) is 24.3. The molecule has 0 aromatic heterocycles. The Balaban J connectivity index is 1.81. The van der Waals surface area contributed by atoms with Crippen molar-refractivity contribution in [1.82, 2.24) is 0 Å². The lowest BCUT2D eigenvalue weighted by molar-refractivity contribution is -0.358. The fourth-order valence-electron chi connectivity index (χ4n) is 8.44. The molecule has 10 atom stereocenters. The smallest absolute Gasteiger partial charge is 0.338 e. The standard InChI is InChI=1S/C31H42O9/c1-16-13-21-30(15-38-21,40-18(3)32)24-26(39-27(35)19-11-9-8-10-12-19)31(36)14-20(37-7)17(2)22(28(31,4)5)23(33)25(34)29(16,24)6/h8-12,16,20-21,23-26,33-34,36H,13-15H2,1-7H3/t16-,20?,21+,23-,24-,25-,26-,29+,30-,31+/m0/s1. The zero-order chi connectivity index (χ0) is 29.4. The van der Waals surface area contributed by atoms with E-state index < -0.39 is 70.4 Å². The first-order valence-corrected chi connectivity index (χ1v) is 14.1. The van der Waals surface area contributed by atoms with Crippen LogP contribution in [0.25, 0.3) is 0 Å². The Labute approximate surface area is 235 Å². The molecule has 40 heavy (non-hydrogen) atoms. The van der Waals surface area contributed by atoms with Crippen LogP contribution in [-0.2, 0) is 23.7 Å². The molecule has 0 radical (unpaired) electrons. The van der Waals surface area contributed by atoms with Crippen molar-refractivity contribution >= 4 is 11.9 Å². The first-order valence-electron chi connectivity index (χ1n) is 14.1. The topological polar surface area (TPSA) is 132 Å².